The zero-order chi connectivity index (χ0) is 10.3. The van der Waals surface area contributed by atoms with Crippen LogP contribution < -0.4 is 5.69 Å². The molecule has 1 N–H and O–H groups in total. The number of aryl methyl sites for hydroxylation is 1. The summed E-state index contributed by atoms with van der Waals surface area (Å²) in [4.78, 5) is 11.4. The van der Waals surface area contributed by atoms with Crippen molar-refractivity contribution in [2.45, 2.75) is 6.92 Å². The van der Waals surface area contributed by atoms with Crippen LogP contribution in [-0.4, -0.2) is 14.6 Å². The molecule has 2 rings (SSSR count). The number of halogens is 1. The minimum absolute atomic E-state index is 0.0876. The molecule has 74 valence electrons. The third kappa shape index (κ3) is 1.19. The van der Waals surface area contributed by atoms with Crippen molar-refractivity contribution in [3.05, 3.63) is 39.3 Å². The van der Waals surface area contributed by atoms with Crippen LogP contribution in [0.15, 0.2) is 23.0 Å². The van der Waals surface area contributed by atoms with Crippen molar-refractivity contribution in [2.75, 3.05) is 0 Å². The van der Waals surface area contributed by atoms with Crippen molar-refractivity contribution >= 4 is 11.6 Å². The van der Waals surface area contributed by atoms with Gasteiger partial charge in [-0.15, -0.1) is 0 Å². The molecule has 0 unspecified atom stereocenters. The number of hydrogen-bond acceptors (Lipinski definition) is 1. The Morgan fingerprint density at radius 1 is 1.43 bits per heavy atom. The number of nitrogens with zero attached hydrogens (tertiary/aromatic N) is 2. The van der Waals surface area contributed by atoms with Crippen LogP contribution in [0, 0.1) is 6.92 Å². The molecule has 0 radical (unpaired) electrons. The van der Waals surface area contributed by atoms with Crippen LogP contribution >= 0.6 is 11.6 Å². The van der Waals surface area contributed by atoms with E-state index in [-0.39, 0.29) is 5.69 Å². The van der Waals surface area contributed by atoms with Crippen molar-refractivity contribution in [3.8, 4) is 5.69 Å². The lowest BCUT2D eigenvalue weighted by molar-refractivity contribution is 0.465. The summed E-state index contributed by atoms with van der Waals surface area (Å²) in [5, 5.41) is 3.49. The molecule has 4 nitrogen and oxygen atoms in total. The van der Waals surface area contributed by atoms with Crippen molar-refractivity contribution in [1.29, 1.82) is 0 Å². The summed E-state index contributed by atoms with van der Waals surface area (Å²) in [5.74, 6) is 0. The minimum atomic E-state index is -0.0876. The molecule has 1 aromatic heterocycles. The first-order chi connectivity index (χ1) is 6.61. The van der Waals surface area contributed by atoms with E-state index in [1.54, 1.807) is 13.1 Å². The van der Waals surface area contributed by atoms with E-state index in [2.05, 4.69) is 5.21 Å². The zero-order valence-corrected chi connectivity index (χ0v) is 8.67. The molecule has 5 heteroatoms. The number of hydrogen-bond donors (Lipinski definition) is 1. The Morgan fingerprint density at radius 2 is 2.14 bits per heavy atom. The van der Waals surface area contributed by atoms with E-state index in [1.165, 1.54) is 9.36 Å². The number of nitrogens with one attached hydrogen (secondary N) is 1. The fourth-order valence-electron chi connectivity index (χ4n) is 1.34. The minimum Gasteiger partial charge on any atom is -0.244 e. The molecule has 0 amide bonds. The molecule has 0 fully saturated rings. The number of rotatable bonds is 1. The van der Waals surface area contributed by atoms with Gasteiger partial charge in [-0.2, -0.15) is 4.68 Å². The first-order valence-corrected chi connectivity index (χ1v) is 4.58. The second kappa shape index (κ2) is 3.06. The Kier molecular flexibility index (Phi) is 2.00. The highest BCUT2D eigenvalue weighted by Crippen LogP contribution is 2.20. The summed E-state index contributed by atoms with van der Waals surface area (Å²) < 4.78 is 2.86. The van der Waals surface area contributed by atoms with Crippen LogP contribution in [0.4, 0.5) is 0 Å². The van der Waals surface area contributed by atoms with E-state index >= 15 is 0 Å². The van der Waals surface area contributed by atoms with E-state index in [0.29, 0.717) is 5.02 Å². The fraction of sp³-hybridized carbons (Fsp3) is 0.222. The van der Waals surface area contributed by atoms with Gasteiger partial charge in [-0.3, -0.25) is 0 Å². The van der Waals surface area contributed by atoms with Crippen LogP contribution in [0.5, 0.6) is 0 Å². The maximum atomic E-state index is 11.4. The lowest BCUT2D eigenvalue weighted by atomic mass is 10.2. The summed E-state index contributed by atoms with van der Waals surface area (Å²) >= 11 is 5.94. The molecule has 14 heavy (non-hydrogen) atoms. The quantitative estimate of drug-likeness (QED) is 0.763. The molecular formula is C9H10ClN3O. The van der Waals surface area contributed by atoms with E-state index in [4.69, 9.17) is 11.6 Å². The van der Waals surface area contributed by atoms with Gasteiger partial charge in [0, 0.05) is 12.1 Å². The molecule has 2 aromatic rings. The smallest absolute Gasteiger partial charge is 0.244 e. The van der Waals surface area contributed by atoms with Gasteiger partial charge in [0.1, 0.15) is 0 Å². The summed E-state index contributed by atoms with van der Waals surface area (Å²) in [5.41, 5.74) is 1.60. The molecule has 1 heterocycles. The molecule has 0 spiro atoms. The monoisotopic (exact) mass is 211 g/mol. The van der Waals surface area contributed by atoms with E-state index in [1.807, 2.05) is 19.1 Å². The maximum absolute atomic E-state index is 11.4. The van der Waals surface area contributed by atoms with Crippen LogP contribution in [0.25, 0.3) is 5.69 Å². The van der Waals surface area contributed by atoms with Crippen molar-refractivity contribution < 1.29 is 0 Å². The average molecular weight is 212 g/mol. The summed E-state index contributed by atoms with van der Waals surface area (Å²) in [6.07, 6.45) is 0. The summed E-state index contributed by atoms with van der Waals surface area (Å²) in [6.45, 7) is 1.88. The van der Waals surface area contributed by atoms with Crippen molar-refractivity contribution in [2.24, 2.45) is 7.05 Å². The van der Waals surface area contributed by atoms with Crippen molar-refractivity contribution in [1.82, 2.24) is 14.6 Å². The SMILES string of the molecule is Cc1c(Cl)cccc1-n1[nH]n(C)c1=O. The standard InChI is InChI=1S/C9H10ClN3O/c1-6-7(10)4-3-5-8(6)13-9(14)12(2)11-13/h3-5,11H,1-2H3. The highest BCUT2D eigenvalue weighted by molar-refractivity contribution is 6.31. The van der Waals surface area contributed by atoms with Gasteiger partial charge >= 0.3 is 5.69 Å². The predicted molar refractivity (Wildman–Crippen MR) is 55.1 cm³/mol. The molecule has 0 aliphatic heterocycles. The van der Waals surface area contributed by atoms with E-state index in [9.17, 15) is 4.79 Å². The predicted octanol–water partition coefficient (Wildman–Crippen LogP) is 1.47. The van der Waals surface area contributed by atoms with Gasteiger partial charge in [0.15, 0.2) is 0 Å². The molecule has 0 aliphatic carbocycles. The van der Waals surface area contributed by atoms with Crippen LogP contribution in [0.2, 0.25) is 5.02 Å². The molecule has 1 aromatic carbocycles. The summed E-state index contributed by atoms with van der Waals surface area (Å²) in [6, 6.07) is 5.46. The van der Waals surface area contributed by atoms with Crippen molar-refractivity contribution in [3.63, 3.8) is 0 Å². The van der Waals surface area contributed by atoms with Crippen LogP contribution in [-0.2, 0) is 7.05 Å². The zero-order valence-electron chi connectivity index (χ0n) is 7.91. The Balaban J connectivity index is 2.60. The highest BCUT2D eigenvalue weighted by Gasteiger charge is 2.10. The first-order valence-electron chi connectivity index (χ1n) is 4.20. The fourth-order valence-corrected chi connectivity index (χ4v) is 1.51. The Labute approximate surface area is 85.7 Å². The van der Waals surface area contributed by atoms with Gasteiger partial charge in [0.25, 0.3) is 0 Å². The van der Waals surface area contributed by atoms with Crippen LogP contribution in [0.1, 0.15) is 5.56 Å². The van der Waals surface area contributed by atoms with E-state index < -0.39 is 0 Å². The normalized spacial score (nSPS) is 10.8. The molecule has 0 saturated carbocycles. The van der Waals surface area contributed by atoms with E-state index in [0.717, 1.165) is 11.3 Å². The van der Waals surface area contributed by atoms with Gasteiger partial charge in [0.2, 0.25) is 0 Å². The van der Waals surface area contributed by atoms with Gasteiger partial charge in [-0.25, -0.2) is 14.7 Å². The Hall–Kier alpha value is -1.42. The molecule has 0 bridgehead atoms. The largest absolute Gasteiger partial charge is 0.364 e. The highest BCUT2D eigenvalue weighted by atomic mass is 35.5. The van der Waals surface area contributed by atoms with Gasteiger partial charge in [-0.1, -0.05) is 17.7 Å². The molecule has 0 aliphatic rings. The second-order valence-electron chi connectivity index (χ2n) is 3.16. The lowest BCUT2D eigenvalue weighted by Gasteiger charge is -2.15. The number of aromatic nitrogens is 3. The third-order valence-corrected chi connectivity index (χ3v) is 2.62. The Bertz CT molecular complexity index is 520. The Morgan fingerprint density at radius 3 is 2.71 bits per heavy atom. The molecule has 0 atom stereocenters. The lowest BCUT2D eigenvalue weighted by Crippen LogP contribution is -2.40. The topological polar surface area (TPSA) is 42.7 Å². The maximum Gasteiger partial charge on any atom is 0.364 e. The molecular weight excluding hydrogens is 202 g/mol. The third-order valence-electron chi connectivity index (χ3n) is 2.21. The first kappa shape index (κ1) is 9.15. The number of benzene rings is 1. The van der Waals surface area contributed by atoms with Gasteiger partial charge in [0.05, 0.1) is 5.69 Å². The average Bonchev–Trinajstić information content (AvgIpc) is 2.19. The second-order valence-corrected chi connectivity index (χ2v) is 3.57. The summed E-state index contributed by atoms with van der Waals surface area (Å²) in [7, 11) is 1.67. The van der Waals surface area contributed by atoms with Crippen LogP contribution in [0.3, 0.4) is 0 Å². The van der Waals surface area contributed by atoms with Gasteiger partial charge in [-0.05, 0) is 24.6 Å². The van der Waals surface area contributed by atoms with Gasteiger partial charge < -0.3 is 0 Å². The number of aromatic amines is 1. The number of H-pyrrole nitrogens is 1. The molecule has 0 saturated heterocycles.